The van der Waals surface area contributed by atoms with E-state index in [9.17, 15) is 9.90 Å². The zero-order valence-electron chi connectivity index (χ0n) is 10.6. The van der Waals surface area contributed by atoms with E-state index in [2.05, 4.69) is 0 Å². The van der Waals surface area contributed by atoms with E-state index in [-0.39, 0.29) is 11.8 Å². The molecule has 1 heterocycles. The van der Waals surface area contributed by atoms with Gasteiger partial charge in [-0.25, -0.2) is 0 Å². The minimum atomic E-state index is -0.696. The summed E-state index contributed by atoms with van der Waals surface area (Å²) in [6.45, 7) is 6.78. The van der Waals surface area contributed by atoms with Crippen molar-refractivity contribution in [2.45, 2.75) is 26.4 Å². The van der Waals surface area contributed by atoms with Gasteiger partial charge in [-0.2, -0.15) is 0 Å². The van der Waals surface area contributed by atoms with Crippen molar-refractivity contribution in [3.05, 3.63) is 35.4 Å². The first-order valence-corrected chi connectivity index (χ1v) is 6.01. The van der Waals surface area contributed by atoms with Crippen molar-refractivity contribution in [2.24, 2.45) is 5.92 Å². The number of rotatable bonds is 2. The molecule has 0 radical (unpaired) electrons. The fourth-order valence-electron chi connectivity index (χ4n) is 2.11. The molecule has 0 atom stereocenters. The average Bonchev–Trinajstić information content (AvgIpc) is 2.24. The molecule has 1 amide bonds. The molecule has 1 saturated heterocycles. The van der Waals surface area contributed by atoms with Crippen LogP contribution in [-0.2, 0) is 0 Å². The summed E-state index contributed by atoms with van der Waals surface area (Å²) >= 11 is 0. The summed E-state index contributed by atoms with van der Waals surface area (Å²) in [5.74, 6) is 0.205. The van der Waals surface area contributed by atoms with Gasteiger partial charge in [0.1, 0.15) is 5.60 Å². The van der Waals surface area contributed by atoms with Crippen molar-refractivity contribution in [1.82, 2.24) is 4.90 Å². The molecule has 0 saturated carbocycles. The Morgan fingerprint density at radius 2 is 1.94 bits per heavy atom. The summed E-state index contributed by atoms with van der Waals surface area (Å²) in [6.07, 6.45) is 0. The first-order chi connectivity index (χ1) is 7.94. The molecule has 3 heteroatoms. The van der Waals surface area contributed by atoms with Crippen LogP contribution in [0.5, 0.6) is 0 Å². The summed E-state index contributed by atoms with van der Waals surface area (Å²) in [7, 11) is 0. The first kappa shape index (κ1) is 12.1. The molecule has 17 heavy (non-hydrogen) atoms. The summed E-state index contributed by atoms with van der Waals surface area (Å²) in [6, 6.07) is 7.56. The van der Waals surface area contributed by atoms with E-state index in [4.69, 9.17) is 0 Å². The maximum atomic E-state index is 12.2. The number of likely N-dealkylation sites (tertiary alicyclic amines) is 1. The van der Waals surface area contributed by atoms with Crippen LogP contribution in [0.25, 0.3) is 0 Å². The number of carbonyl (C=O) groups is 1. The molecule has 0 spiro atoms. The van der Waals surface area contributed by atoms with Crippen LogP contribution >= 0.6 is 0 Å². The highest BCUT2D eigenvalue weighted by atomic mass is 16.3. The number of β-amino-alcohol motifs (C(OH)–C–C–N with tert-alkyl or cyclic N) is 1. The van der Waals surface area contributed by atoms with Crippen LogP contribution in [-0.4, -0.2) is 34.6 Å². The van der Waals surface area contributed by atoms with Crippen molar-refractivity contribution < 1.29 is 9.90 Å². The minimum absolute atomic E-state index is 0.0217. The SMILES string of the molecule is Cc1ccccc1C(=O)N1CC(O)(C(C)C)C1. The van der Waals surface area contributed by atoms with Crippen LogP contribution in [0.3, 0.4) is 0 Å². The molecule has 1 N–H and O–H groups in total. The summed E-state index contributed by atoms with van der Waals surface area (Å²) < 4.78 is 0. The van der Waals surface area contributed by atoms with Crippen LogP contribution < -0.4 is 0 Å². The van der Waals surface area contributed by atoms with E-state index in [1.165, 1.54) is 0 Å². The third-order valence-electron chi connectivity index (χ3n) is 3.67. The topological polar surface area (TPSA) is 40.5 Å². The minimum Gasteiger partial charge on any atom is -0.386 e. The molecule has 0 aliphatic carbocycles. The molecule has 2 rings (SSSR count). The molecular formula is C14H19NO2. The molecule has 0 bridgehead atoms. The molecule has 1 aliphatic rings. The van der Waals surface area contributed by atoms with Gasteiger partial charge in [-0.15, -0.1) is 0 Å². The third kappa shape index (κ3) is 2.07. The van der Waals surface area contributed by atoms with Crippen molar-refractivity contribution in [1.29, 1.82) is 0 Å². The number of amides is 1. The number of aryl methyl sites for hydroxylation is 1. The Morgan fingerprint density at radius 1 is 1.35 bits per heavy atom. The van der Waals surface area contributed by atoms with Gasteiger partial charge in [0.05, 0.1) is 13.1 Å². The van der Waals surface area contributed by atoms with Gasteiger partial charge in [0, 0.05) is 5.56 Å². The Hall–Kier alpha value is -1.35. The fraction of sp³-hybridized carbons (Fsp3) is 0.500. The zero-order valence-corrected chi connectivity index (χ0v) is 10.6. The normalized spacial score (nSPS) is 18.1. The number of carbonyl (C=O) groups excluding carboxylic acids is 1. The Kier molecular flexibility index (Phi) is 2.96. The number of aliphatic hydroxyl groups is 1. The summed E-state index contributed by atoms with van der Waals surface area (Å²) in [5.41, 5.74) is 1.02. The monoisotopic (exact) mass is 233 g/mol. The van der Waals surface area contributed by atoms with Crippen LogP contribution in [0.1, 0.15) is 29.8 Å². The van der Waals surface area contributed by atoms with Gasteiger partial charge >= 0.3 is 0 Å². The maximum absolute atomic E-state index is 12.2. The Balaban J connectivity index is 2.08. The molecule has 0 unspecified atom stereocenters. The lowest BCUT2D eigenvalue weighted by Gasteiger charge is -2.49. The molecule has 92 valence electrons. The number of hydrogen-bond donors (Lipinski definition) is 1. The number of benzene rings is 1. The van der Waals surface area contributed by atoms with E-state index < -0.39 is 5.60 Å². The van der Waals surface area contributed by atoms with Crippen LogP contribution in [0.15, 0.2) is 24.3 Å². The van der Waals surface area contributed by atoms with Gasteiger partial charge in [-0.1, -0.05) is 32.0 Å². The van der Waals surface area contributed by atoms with Gasteiger partial charge in [-0.3, -0.25) is 4.79 Å². The highest BCUT2D eigenvalue weighted by Gasteiger charge is 2.45. The van der Waals surface area contributed by atoms with Crippen molar-refractivity contribution in [3.63, 3.8) is 0 Å². The lowest BCUT2D eigenvalue weighted by molar-refractivity contribution is -0.110. The standard InChI is InChI=1S/C14H19NO2/c1-10(2)14(17)8-15(9-14)13(16)12-7-5-4-6-11(12)3/h4-7,10,17H,8-9H2,1-3H3. The van der Waals surface area contributed by atoms with E-state index in [1.54, 1.807) is 4.90 Å². The predicted octanol–water partition coefficient (Wildman–Crippen LogP) is 1.84. The van der Waals surface area contributed by atoms with E-state index in [0.717, 1.165) is 11.1 Å². The lowest BCUT2D eigenvalue weighted by Crippen LogP contribution is -2.66. The highest BCUT2D eigenvalue weighted by molar-refractivity contribution is 5.96. The van der Waals surface area contributed by atoms with Crippen molar-refractivity contribution in [2.75, 3.05) is 13.1 Å². The van der Waals surface area contributed by atoms with Gasteiger partial charge in [-0.05, 0) is 24.5 Å². The van der Waals surface area contributed by atoms with Crippen LogP contribution in [0, 0.1) is 12.8 Å². The Labute approximate surface area is 102 Å². The fourth-order valence-corrected chi connectivity index (χ4v) is 2.11. The van der Waals surface area contributed by atoms with E-state index in [0.29, 0.717) is 13.1 Å². The van der Waals surface area contributed by atoms with Crippen molar-refractivity contribution in [3.8, 4) is 0 Å². The second kappa shape index (κ2) is 4.15. The second-order valence-corrected chi connectivity index (χ2v) is 5.23. The second-order valence-electron chi connectivity index (χ2n) is 5.23. The molecular weight excluding hydrogens is 214 g/mol. The molecule has 1 aromatic carbocycles. The number of nitrogens with zero attached hydrogens (tertiary/aromatic N) is 1. The maximum Gasteiger partial charge on any atom is 0.254 e. The zero-order chi connectivity index (χ0) is 12.6. The smallest absolute Gasteiger partial charge is 0.254 e. The number of hydrogen-bond acceptors (Lipinski definition) is 2. The quantitative estimate of drug-likeness (QED) is 0.846. The largest absolute Gasteiger partial charge is 0.386 e. The molecule has 3 nitrogen and oxygen atoms in total. The van der Waals surface area contributed by atoms with Gasteiger partial charge in [0.2, 0.25) is 0 Å². The lowest BCUT2D eigenvalue weighted by atomic mass is 9.82. The predicted molar refractivity (Wildman–Crippen MR) is 66.9 cm³/mol. The van der Waals surface area contributed by atoms with E-state index >= 15 is 0 Å². The van der Waals surface area contributed by atoms with Gasteiger partial charge in [0.15, 0.2) is 0 Å². The molecule has 0 aromatic heterocycles. The van der Waals surface area contributed by atoms with Gasteiger partial charge < -0.3 is 10.0 Å². The average molecular weight is 233 g/mol. The Bertz CT molecular complexity index is 434. The van der Waals surface area contributed by atoms with E-state index in [1.807, 2.05) is 45.0 Å². The summed E-state index contributed by atoms with van der Waals surface area (Å²) in [5, 5.41) is 10.1. The van der Waals surface area contributed by atoms with Crippen molar-refractivity contribution >= 4 is 5.91 Å². The molecule has 1 fully saturated rings. The van der Waals surface area contributed by atoms with Gasteiger partial charge in [0.25, 0.3) is 5.91 Å². The highest BCUT2D eigenvalue weighted by Crippen LogP contribution is 2.30. The first-order valence-electron chi connectivity index (χ1n) is 6.01. The van der Waals surface area contributed by atoms with Crippen LogP contribution in [0.4, 0.5) is 0 Å². The molecule has 1 aromatic rings. The summed E-state index contributed by atoms with van der Waals surface area (Å²) in [4.78, 5) is 13.9. The Morgan fingerprint density at radius 3 is 2.47 bits per heavy atom. The molecule has 1 aliphatic heterocycles. The third-order valence-corrected chi connectivity index (χ3v) is 3.67. The van der Waals surface area contributed by atoms with Crippen LogP contribution in [0.2, 0.25) is 0 Å².